The van der Waals surface area contributed by atoms with Gasteiger partial charge in [-0.05, 0) is 56.2 Å². The first-order chi connectivity index (χ1) is 11.2. The number of aromatic amines is 1. The molecule has 1 aliphatic rings. The second-order valence-electron chi connectivity index (χ2n) is 6.08. The monoisotopic (exact) mass is 315 g/mol. The molecule has 0 fully saturated rings. The van der Waals surface area contributed by atoms with E-state index in [4.69, 9.17) is 0 Å². The summed E-state index contributed by atoms with van der Waals surface area (Å²) in [5, 5.41) is 10.2. The van der Waals surface area contributed by atoms with Gasteiger partial charge in [0.2, 0.25) is 0 Å². The van der Waals surface area contributed by atoms with Crippen LogP contribution in [-0.4, -0.2) is 22.6 Å². The predicted octanol–water partition coefficient (Wildman–Crippen LogP) is 3.18. The Kier molecular flexibility index (Phi) is 5.05. The molecular weight excluding hydrogens is 293 g/mol. The summed E-state index contributed by atoms with van der Waals surface area (Å²) in [6.45, 7) is 0.595. The summed E-state index contributed by atoms with van der Waals surface area (Å²) < 4.78 is 12.8. The number of nitrogens with one attached hydrogen (secondary N) is 2. The molecule has 0 radical (unpaired) electrons. The Morgan fingerprint density at radius 3 is 2.78 bits per heavy atom. The van der Waals surface area contributed by atoms with Gasteiger partial charge in [0.15, 0.2) is 5.69 Å². The fourth-order valence-corrected chi connectivity index (χ4v) is 3.07. The van der Waals surface area contributed by atoms with Crippen LogP contribution in [0.4, 0.5) is 4.39 Å². The number of H-pyrrole nitrogens is 1. The highest BCUT2D eigenvalue weighted by Gasteiger charge is 2.20. The van der Waals surface area contributed by atoms with Crippen molar-refractivity contribution in [3.8, 4) is 0 Å². The van der Waals surface area contributed by atoms with Crippen LogP contribution in [0.1, 0.15) is 53.0 Å². The average molecular weight is 315 g/mol. The quantitative estimate of drug-likeness (QED) is 0.657. The molecule has 1 aliphatic carbocycles. The fourth-order valence-electron chi connectivity index (χ4n) is 3.07. The second-order valence-corrected chi connectivity index (χ2v) is 6.08. The number of amides is 1. The minimum atomic E-state index is -0.221. The van der Waals surface area contributed by atoms with E-state index in [2.05, 4.69) is 15.5 Å². The largest absolute Gasteiger partial charge is 0.351 e. The van der Waals surface area contributed by atoms with Crippen molar-refractivity contribution >= 4 is 5.91 Å². The number of aryl methyl sites for hydroxylation is 2. The molecule has 23 heavy (non-hydrogen) atoms. The number of rotatable bonds is 5. The number of benzene rings is 1. The first-order valence-corrected chi connectivity index (χ1v) is 8.33. The third kappa shape index (κ3) is 3.97. The fraction of sp³-hybridized carbons (Fsp3) is 0.444. The molecule has 1 amide bonds. The Hall–Kier alpha value is -2.17. The lowest BCUT2D eigenvalue weighted by molar-refractivity contribution is 0.0947. The van der Waals surface area contributed by atoms with Crippen LogP contribution in [0, 0.1) is 5.82 Å². The standard InChI is InChI=1S/C18H22FN3O/c19-14-10-8-13(9-11-14)5-4-12-20-18(23)17-15-6-2-1-3-7-16(15)21-22-17/h8-11H,1-7,12H2,(H,20,23)(H,21,22). The number of nitrogens with zero attached hydrogens (tertiary/aromatic N) is 1. The number of fused-ring (bicyclic) bond motifs is 1. The lowest BCUT2D eigenvalue weighted by Gasteiger charge is -2.05. The van der Waals surface area contributed by atoms with Crippen molar-refractivity contribution in [2.75, 3.05) is 6.54 Å². The smallest absolute Gasteiger partial charge is 0.272 e. The van der Waals surface area contributed by atoms with Crippen molar-refractivity contribution < 1.29 is 9.18 Å². The molecular formula is C18H22FN3O. The van der Waals surface area contributed by atoms with Gasteiger partial charge in [0.05, 0.1) is 0 Å². The number of carbonyl (C=O) groups excluding carboxylic acids is 1. The van der Waals surface area contributed by atoms with E-state index in [9.17, 15) is 9.18 Å². The third-order valence-corrected chi connectivity index (χ3v) is 4.36. The van der Waals surface area contributed by atoms with E-state index >= 15 is 0 Å². The number of carbonyl (C=O) groups is 1. The topological polar surface area (TPSA) is 57.8 Å². The molecule has 3 rings (SSSR count). The van der Waals surface area contributed by atoms with Gasteiger partial charge < -0.3 is 5.32 Å². The maximum absolute atomic E-state index is 12.8. The van der Waals surface area contributed by atoms with Gasteiger partial charge in [0.25, 0.3) is 5.91 Å². The highest BCUT2D eigenvalue weighted by molar-refractivity contribution is 5.93. The van der Waals surface area contributed by atoms with E-state index in [1.165, 1.54) is 18.6 Å². The highest BCUT2D eigenvalue weighted by Crippen LogP contribution is 2.21. The van der Waals surface area contributed by atoms with Crippen molar-refractivity contribution in [1.82, 2.24) is 15.5 Å². The van der Waals surface area contributed by atoms with Crippen molar-refractivity contribution in [2.45, 2.75) is 44.9 Å². The molecule has 122 valence electrons. The van der Waals surface area contributed by atoms with Crippen LogP contribution in [0.15, 0.2) is 24.3 Å². The summed E-state index contributed by atoms with van der Waals surface area (Å²) in [7, 11) is 0. The Labute approximate surface area is 135 Å². The minimum absolute atomic E-state index is 0.0940. The van der Waals surface area contributed by atoms with Crippen molar-refractivity contribution in [3.63, 3.8) is 0 Å². The van der Waals surface area contributed by atoms with Crippen molar-refractivity contribution in [3.05, 3.63) is 52.6 Å². The van der Waals surface area contributed by atoms with Gasteiger partial charge in [-0.15, -0.1) is 0 Å². The lowest BCUT2D eigenvalue weighted by atomic mass is 10.1. The summed E-state index contributed by atoms with van der Waals surface area (Å²) in [6.07, 6.45) is 7.06. The zero-order valence-electron chi connectivity index (χ0n) is 13.2. The number of hydrogen-bond acceptors (Lipinski definition) is 2. The molecule has 0 saturated carbocycles. The molecule has 0 saturated heterocycles. The zero-order chi connectivity index (χ0) is 16.1. The Morgan fingerprint density at radius 2 is 1.96 bits per heavy atom. The van der Waals surface area contributed by atoms with E-state index in [1.54, 1.807) is 12.1 Å². The first kappa shape index (κ1) is 15.7. The van der Waals surface area contributed by atoms with E-state index in [1.807, 2.05) is 0 Å². The molecule has 5 heteroatoms. The van der Waals surface area contributed by atoms with E-state index in [0.29, 0.717) is 12.2 Å². The van der Waals surface area contributed by atoms with Crippen LogP contribution in [0.25, 0.3) is 0 Å². The van der Waals surface area contributed by atoms with Crippen LogP contribution in [0.3, 0.4) is 0 Å². The molecule has 4 nitrogen and oxygen atoms in total. The average Bonchev–Trinajstić information content (AvgIpc) is 2.82. The van der Waals surface area contributed by atoms with Gasteiger partial charge in [-0.1, -0.05) is 18.6 Å². The molecule has 0 aliphatic heterocycles. The van der Waals surface area contributed by atoms with Crippen molar-refractivity contribution in [1.29, 1.82) is 0 Å². The molecule has 0 spiro atoms. The van der Waals surface area contributed by atoms with Gasteiger partial charge in [0.1, 0.15) is 5.82 Å². The maximum Gasteiger partial charge on any atom is 0.272 e. The molecule has 1 aromatic heterocycles. The lowest BCUT2D eigenvalue weighted by Crippen LogP contribution is -2.26. The molecule has 0 unspecified atom stereocenters. The van der Waals surface area contributed by atoms with Gasteiger partial charge >= 0.3 is 0 Å². The molecule has 1 heterocycles. The summed E-state index contributed by atoms with van der Waals surface area (Å²) >= 11 is 0. The van der Waals surface area contributed by atoms with Gasteiger partial charge in [-0.25, -0.2) is 4.39 Å². The molecule has 2 aromatic rings. The number of aromatic nitrogens is 2. The number of halogens is 1. The van der Waals surface area contributed by atoms with Crippen LogP contribution in [0.2, 0.25) is 0 Å². The van der Waals surface area contributed by atoms with Gasteiger partial charge in [-0.3, -0.25) is 9.89 Å². The molecule has 0 atom stereocenters. The number of hydrogen-bond donors (Lipinski definition) is 2. The first-order valence-electron chi connectivity index (χ1n) is 8.33. The molecule has 2 N–H and O–H groups in total. The van der Waals surface area contributed by atoms with Crippen molar-refractivity contribution in [2.24, 2.45) is 0 Å². The van der Waals surface area contributed by atoms with Crippen LogP contribution >= 0.6 is 0 Å². The highest BCUT2D eigenvalue weighted by atomic mass is 19.1. The SMILES string of the molecule is O=C(NCCCc1ccc(F)cc1)c1n[nH]c2c1CCCCC2. The van der Waals surface area contributed by atoms with Crippen LogP contribution in [0.5, 0.6) is 0 Å². The summed E-state index contributed by atoms with van der Waals surface area (Å²) in [4.78, 5) is 12.3. The Bertz CT molecular complexity index is 663. The predicted molar refractivity (Wildman–Crippen MR) is 86.9 cm³/mol. The van der Waals surface area contributed by atoms with E-state index in [0.717, 1.165) is 55.3 Å². The Morgan fingerprint density at radius 1 is 1.17 bits per heavy atom. The van der Waals surface area contributed by atoms with E-state index in [-0.39, 0.29) is 11.7 Å². The van der Waals surface area contributed by atoms with Gasteiger partial charge in [0, 0.05) is 17.8 Å². The summed E-state index contributed by atoms with van der Waals surface area (Å²) in [5.41, 5.74) is 3.86. The minimum Gasteiger partial charge on any atom is -0.351 e. The molecule has 1 aromatic carbocycles. The maximum atomic E-state index is 12.8. The third-order valence-electron chi connectivity index (χ3n) is 4.36. The Balaban J connectivity index is 1.50. The summed E-state index contributed by atoms with van der Waals surface area (Å²) in [5.74, 6) is -0.315. The molecule has 0 bridgehead atoms. The zero-order valence-corrected chi connectivity index (χ0v) is 13.2. The second kappa shape index (κ2) is 7.40. The van der Waals surface area contributed by atoms with E-state index < -0.39 is 0 Å². The summed E-state index contributed by atoms with van der Waals surface area (Å²) in [6, 6.07) is 6.50. The normalized spacial score (nSPS) is 14.1. The van der Waals surface area contributed by atoms with Gasteiger partial charge in [-0.2, -0.15) is 5.10 Å². The van der Waals surface area contributed by atoms with Crippen LogP contribution in [-0.2, 0) is 19.3 Å². The van der Waals surface area contributed by atoms with Crippen LogP contribution < -0.4 is 5.32 Å².